The van der Waals surface area contributed by atoms with Crippen LogP contribution in [0.2, 0.25) is 0 Å². The Hall–Kier alpha value is -1.81. The van der Waals surface area contributed by atoms with Crippen LogP contribution in [-0.4, -0.2) is 16.8 Å². The fraction of sp³-hybridized carbons (Fsp3) is 0.353. The Kier molecular flexibility index (Phi) is 3.72. The van der Waals surface area contributed by atoms with Gasteiger partial charge in [0, 0.05) is 21.5 Å². The monoisotopic (exact) mass is 300 g/mol. The highest BCUT2D eigenvalue weighted by molar-refractivity contribution is 7.12. The molecule has 0 saturated carbocycles. The lowest BCUT2D eigenvalue weighted by Crippen LogP contribution is -2.47. The second-order valence-corrected chi connectivity index (χ2v) is 6.83. The number of nitrogens with one attached hydrogen (secondary N) is 1. The summed E-state index contributed by atoms with van der Waals surface area (Å²) in [6, 6.07) is 12.2. The zero-order valence-electron chi connectivity index (χ0n) is 12.6. The van der Waals surface area contributed by atoms with Gasteiger partial charge in [-0.05, 0) is 44.5 Å². The molecule has 0 bridgehead atoms. The van der Waals surface area contributed by atoms with Crippen LogP contribution in [0.1, 0.15) is 46.5 Å². The van der Waals surface area contributed by atoms with Crippen molar-refractivity contribution in [2.45, 2.75) is 39.4 Å². The summed E-state index contributed by atoms with van der Waals surface area (Å²) < 4.78 is 0. The van der Waals surface area contributed by atoms with E-state index >= 15 is 0 Å². The Labute approximate surface area is 129 Å². The number of rotatable bonds is 3. The van der Waals surface area contributed by atoms with E-state index in [4.69, 9.17) is 0 Å². The summed E-state index contributed by atoms with van der Waals surface area (Å²) in [6.07, 6.45) is 0.872. The van der Waals surface area contributed by atoms with Crippen molar-refractivity contribution in [3.8, 4) is 0 Å². The smallest absolute Gasteiger partial charge is 0.258 e. The largest absolute Gasteiger partial charge is 0.360 e. The minimum atomic E-state index is -0.0685. The third kappa shape index (κ3) is 2.44. The van der Waals surface area contributed by atoms with Gasteiger partial charge in [0.25, 0.3) is 5.91 Å². The van der Waals surface area contributed by atoms with Crippen LogP contribution in [-0.2, 0) is 0 Å². The third-order valence-electron chi connectivity index (χ3n) is 4.06. The van der Waals surface area contributed by atoms with Gasteiger partial charge in [0.15, 0.2) is 0 Å². The number of hydrogen-bond acceptors (Lipinski definition) is 3. The number of carbonyl (C=O) groups excluding carboxylic acids is 1. The van der Waals surface area contributed by atoms with E-state index in [9.17, 15) is 4.79 Å². The van der Waals surface area contributed by atoms with Crippen LogP contribution in [0, 0.1) is 6.92 Å². The lowest BCUT2D eigenvalue weighted by Gasteiger charge is -2.40. The molecule has 2 aromatic rings. The van der Waals surface area contributed by atoms with E-state index in [1.807, 2.05) is 29.2 Å². The second kappa shape index (κ2) is 5.53. The molecule has 0 unspecified atom stereocenters. The van der Waals surface area contributed by atoms with Crippen molar-refractivity contribution in [3.05, 3.63) is 51.7 Å². The van der Waals surface area contributed by atoms with Crippen LogP contribution >= 0.6 is 11.3 Å². The molecule has 1 aromatic carbocycles. The first kappa shape index (κ1) is 14.1. The molecular formula is C17H20N2OS. The molecule has 0 radical (unpaired) electrons. The predicted octanol–water partition coefficient (Wildman–Crippen LogP) is 4.42. The van der Waals surface area contributed by atoms with Crippen molar-refractivity contribution in [1.29, 1.82) is 0 Å². The maximum atomic E-state index is 12.9. The number of fused-ring (bicyclic) bond motifs is 1. The van der Waals surface area contributed by atoms with Gasteiger partial charge in [0.2, 0.25) is 0 Å². The summed E-state index contributed by atoms with van der Waals surface area (Å²) in [7, 11) is 0. The number of anilines is 1. The fourth-order valence-electron chi connectivity index (χ4n) is 2.73. The zero-order valence-corrected chi connectivity index (χ0v) is 13.4. The van der Waals surface area contributed by atoms with E-state index in [1.165, 1.54) is 9.75 Å². The summed E-state index contributed by atoms with van der Waals surface area (Å²) in [4.78, 5) is 17.3. The molecule has 0 saturated heterocycles. The number of thiophene rings is 1. The van der Waals surface area contributed by atoms with Gasteiger partial charge in [-0.1, -0.05) is 19.1 Å². The molecule has 1 aliphatic rings. The Morgan fingerprint density at radius 3 is 2.71 bits per heavy atom. The molecule has 110 valence electrons. The summed E-state index contributed by atoms with van der Waals surface area (Å²) in [5.41, 5.74) is 1.69. The van der Waals surface area contributed by atoms with Crippen molar-refractivity contribution in [3.63, 3.8) is 0 Å². The maximum Gasteiger partial charge on any atom is 0.258 e. The quantitative estimate of drug-likeness (QED) is 0.910. The number of nitrogens with zero attached hydrogens (tertiary/aromatic N) is 1. The topological polar surface area (TPSA) is 32.3 Å². The number of aryl methyl sites for hydroxylation is 1. The van der Waals surface area contributed by atoms with E-state index in [1.54, 1.807) is 11.3 Å². The van der Waals surface area contributed by atoms with Gasteiger partial charge >= 0.3 is 0 Å². The average molecular weight is 300 g/mol. The van der Waals surface area contributed by atoms with Gasteiger partial charge in [0.05, 0.1) is 5.56 Å². The molecule has 2 atom stereocenters. The molecule has 0 aliphatic carbocycles. The van der Waals surface area contributed by atoms with Gasteiger partial charge in [-0.2, -0.15) is 0 Å². The Bertz CT molecular complexity index is 664. The first-order chi connectivity index (χ1) is 10.1. The second-order valence-electron chi connectivity index (χ2n) is 5.51. The van der Waals surface area contributed by atoms with Crippen molar-refractivity contribution < 1.29 is 4.79 Å². The third-order valence-corrected chi connectivity index (χ3v) is 5.11. The SMILES string of the molecule is CC[C@@H](C)N1C(=O)c2ccccc2N[C@H]1c1ccc(C)s1. The number of benzene rings is 1. The molecule has 1 aliphatic heterocycles. The van der Waals surface area contributed by atoms with Crippen LogP contribution < -0.4 is 5.32 Å². The van der Waals surface area contributed by atoms with E-state index in [0.717, 1.165) is 17.7 Å². The molecule has 3 nitrogen and oxygen atoms in total. The van der Waals surface area contributed by atoms with Crippen LogP contribution in [0.4, 0.5) is 5.69 Å². The Morgan fingerprint density at radius 2 is 2.05 bits per heavy atom. The molecule has 0 spiro atoms. The van der Waals surface area contributed by atoms with Crippen molar-refractivity contribution in [2.24, 2.45) is 0 Å². The van der Waals surface area contributed by atoms with Crippen LogP contribution in [0.5, 0.6) is 0 Å². The summed E-state index contributed by atoms with van der Waals surface area (Å²) in [5, 5.41) is 3.54. The number of amides is 1. The summed E-state index contributed by atoms with van der Waals surface area (Å²) >= 11 is 1.75. The van der Waals surface area contributed by atoms with Crippen molar-refractivity contribution in [2.75, 3.05) is 5.32 Å². The minimum Gasteiger partial charge on any atom is -0.360 e. The lowest BCUT2D eigenvalue weighted by molar-refractivity contribution is 0.0597. The normalized spacial score (nSPS) is 19.1. The van der Waals surface area contributed by atoms with E-state index < -0.39 is 0 Å². The molecule has 21 heavy (non-hydrogen) atoms. The number of para-hydroxylation sites is 1. The average Bonchev–Trinajstić information content (AvgIpc) is 2.93. The Balaban J connectivity index is 2.07. The van der Waals surface area contributed by atoms with Gasteiger partial charge in [-0.25, -0.2) is 0 Å². The van der Waals surface area contributed by atoms with Crippen LogP contribution in [0.3, 0.4) is 0 Å². The first-order valence-electron chi connectivity index (χ1n) is 7.36. The molecule has 1 amide bonds. The first-order valence-corrected chi connectivity index (χ1v) is 8.18. The highest BCUT2D eigenvalue weighted by atomic mass is 32.1. The molecular weight excluding hydrogens is 280 g/mol. The van der Waals surface area contributed by atoms with E-state index in [-0.39, 0.29) is 18.1 Å². The van der Waals surface area contributed by atoms with Crippen molar-refractivity contribution >= 4 is 22.9 Å². The van der Waals surface area contributed by atoms with E-state index in [0.29, 0.717) is 0 Å². The minimum absolute atomic E-state index is 0.0685. The lowest BCUT2D eigenvalue weighted by atomic mass is 10.0. The molecule has 0 fully saturated rings. The van der Waals surface area contributed by atoms with Gasteiger partial charge < -0.3 is 10.2 Å². The predicted molar refractivity (Wildman–Crippen MR) is 87.8 cm³/mol. The number of carbonyl (C=O) groups is 1. The fourth-order valence-corrected chi connectivity index (χ4v) is 3.66. The standard InChI is InChI=1S/C17H20N2OS/c1-4-11(2)19-16(15-10-9-12(3)21-15)18-14-8-6-5-7-13(14)17(19)20/h5-11,16,18H,4H2,1-3H3/t11-,16-/m1/s1. The van der Waals surface area contributed by atoms with Gasteiger partial charge in [-0.15, -0.1) is 11.3 Å². The molecule has 3 rings (SSSR count). The molecule has 1 aromatic heterocycles. The zero-order chi connectivity index (χ0) is 15.0. The molecule has 4 heteroatoms. The highest BCUT2D eigenvalue weighted by Gasteiger charge is 2.35. The van der Waals surface area contributed by atoms with Gasteiger partial charge in [-0.3, -0.25) is 4.79 Å². The van der Waals surface area contributed by atoms with Crippen LogP contribution in [0.15, 0.2) is 36.4 Å². The van der Waals surface area contributed by atoms with Crippen LogP contribution in [0.25, 0.3) is 0 Å². The summed E-state index contributed by atoms with van der Waals surface area (Å²) in [6.45, 7) is 6.33. The maximum absolute atomic E-state index is 12.9. The highest BCUT2D eigenvalue weighted by Crippen LogP contribution is 2.37. The molecule has 2 heterocycles. The van der Waals surface area contributed by atoms with Gasteiger partial charge in [0.1, 0.15) is 6.17 Å². The number of hydrogen-bond donors (Lipinski definition) is 1. The van der Waals surface area contributed by atoms with E-state index in [2.05, 4.69) is 38.2 Å². The van der Waals surface area contributed by atoms with Crippen molar-refractivity contribution in [1.82, 2.24) is 4.90 Å². The molecule has 1 N–H and O–H groups in total. The Morgan fingerprint density at radius 1 is 1.29 bits per heavy atom. The summed E-state index contributed by atoms with van der Waals surface area (Å²) in [5.74, 6) is 0.120.